The van der Waals surface area contributed by atoms with Gasteiger partial charge < -0.3 is 19.7 Å². The SMILES string of the molecule is COc1ccc(N(C)C(C)CCc2ccc(NC(=O)c3cccc4c(=O)c5cc(F)ccc5sc34)cc2)cc1OC. The number of hydrogen-bond acceptors (Lipinski definition) is 6. The van der Waals surface area contributed by atoms with E-state index in [9.17, 15) is 14.0 Å². The smallest absolute Gasteiger partial charge is 0.257 e. The molecule has 0 spiro atoms. The topological polar surface area (TPSA) is 67.9 Å². The van der Waals surface area contributed by atoms with Gasteiger partial charge in [0, 0.05) is 46.0 Å². The first-order valence-corrected chi connectivity index (χ1v) is 14.1. The zero-order chi connectivity index (χ0) is 29.1. The Labute approximate surface area is 242 Å². The summed E-state index contributed by atoms with van der Waals surface area (Å²) in [5.74, 6) is 0.637. The maximum atomic E-state index is 13.7. The van der Waals surface area contributed by atoms with Gasteiger partial charge in [-0.05, 0) is 79.9 Å². The van der Waals surface area contributed by atoms with Crippen molar-refractivity contribution in [2.45, 2.75) is 25.8 Å². The molecule has 0 aliphatic heterocycles. The van der Waals surface area contributed by atoms with Crippen molar-refractivity contribution in [3.63, 3.8) is 0 Å². The van der Waals surface area contributed by atoms with Crippen molar-refractivity contribution in [1.29, 1.82) is 0 Å². The van der Waals surface area contributed by atoms with Crippen molar-refractivity contribution in [2.24, 2.45) is 0 Å². The summed E-state index contributed by atoms with van der Waals surface area (Å²) >= 11 is 1.31. The van der Waals surface area contributed by atoms with Crippen molar-refractivity contribution in [3.8, 4) is 11.5 Å². The van der Waals surface area contributed by atoms with Crippen LogP contribution in [0.5, 0.6) is 11.5 Å². The molecule has 8 heteroatoms. The van der Waals surface area contributed by atoms with Crippen LogP contribution in [0.3, 0.4) is 0 Å². The van der Waals surface area contributed by atoms with Crippen LogP contribution in [0.4, 0.5) is 15.8 Å². The molecular formula is C33H31FN2O4S. The molecule has 210 valence electrons. The van der Waals surface area contributed by atoms with E-state index in [0.717, 1.165) is 24.1 Å². The molecule has 5 aromatic rings. The van der Waals surface area contributed by atoms with Gasteiger partial charge in [-0.2, -0.15) is 0 Å². The molecule has 0 saturated heterocycles. The number of benzene rings is 4. The highest BCUT2D eigenvalue weighted by atomic mass is 32.1. The zero-order valence-corrected chi connectivity index (χ0v) is 24.2. The second kappa shape index (κ2) is 12.0. The number of anilines is 2. The molecule has 6 nitrogen and oxygen atoms in total. The van der Waals surface area contributed by atoms with Crippen LogP contribution in [0.1, 0.15) is 29.3 Å². The van der Waals surface area contributed by atoms with Crippen LogP contribution < -0.4 is 25.1 Å². The molecule has 1 aromatic heterocycles. The van der Waals surface area contributed by atoms with Gasteiger partial charge in [0.1, 0.15) is 5.82 Å². The molecular weight excluding hydrogens is 539 g/mol. The third-order valence-electron chi connectivity index (χ3n) is 7.40. The second-order valence-corrected chi connectivity index (χ2v) is 11.0. The van der Waals surface area contributed by atoms with Gasteiger partial charge in [-0.25, -0.2) is 4.39 Å². The highest BCUT2D eigenvalue weighted by Crippen LogP contribution is 2.32. The number of methoxy groups -OCH3 is 2. The molecule has 0 saturated carbocycles. The second-order valence-electron chi connectivity index (χ2n) is 9.94. The van der Waals surface area contributed by atoms with Gasteiger partial charge in [0.25, 0.3) is 5.91 Å². The molecule has 41 heavy (non-hydrogen) atoms. The Morgan fingerprint density at radius 3 is 2.44 bits per heavy atom. The number of ether oxygens (including phenoxy) is 2. The average molecular weight is 571 g/mol. The quantitative estimate of drug-likeness (QED) is 0.189. The van der Waals surface area contributed by atoms with Gasteiger partial charge in [0.2, 0.25) is 0 Å². The molecule has 1 amide bonds. The van der Waals surface area contributed by atoms with E-state index in [2.05, 4.69) is 24.2 Å². The monoisotopic (exact) mass is 570 g/mol. The van der Waals surface area contributed by atoms with Gasteiger partial charge in [-0.3, -0.25) is 9.59 Å². The minimum atomic E-state index is -0.460. The summed E-state index contributed by atoms with van der Waals surface area (Å²) in [4.78, 5) is 28.4. The first kappa shape index (κ1) is 28.1. The van der Waals surface area contributed by atoms with E-state index in [-0.39, 0.29) is 17.4 Å². The highest BCUT2D eigenvalue weighted by molar-refractivity contribution is 7.24. The van der Waals surface area contributed by atoms with E-state index in [1.54, 1.807) is 38.5 Å². The molecule has 1 atom stereocenters. The lowest BCUT2D eigenvalue weighted by molar-refractivity contribution is 0.102. The number of carbonyl (C=O) groups excluding carboxylic acids is 1. The largest absolute Gasteiger partial charge is 0.493 e. The van der Waals surface area contributed by atoms with E-state index in [1.807, 2.05) is 42.5 Å². The van der Waals surface area contributed by atoms with Gasteiger partial charge >= 0.3 is 0 Å². The molecule has 1 unspecified atom stereocenters. The predicted molar refractivity (Wildman–Crippen MR) is 166 cm³/mol. The fraction of sp³-hybridized carbons (Fsp3) is 0.212. The Kier molecular flexibility index (Phi) is 8.21. The molecule has 0 fully saturated rings. The van der Waals surface area contributed by atoms with Crippen molar-refractivity contribution in [2.75, 3.05) is 31.5 Å². The molecule has 0 radical (unpaired) electrons. The number of carbonyl (C=O) groups is 1. The molecule has 1 heterocycles. The van der Waals surface area contributed by atoms with Crippen LogP contribution in [-0.4, -0.2) is 33.2 Å². The maximum absolute atomic E-state index is 13.7. The molecule has 0 aliphatic rings. The molecule has 0 bridgehead atoms. The Balaban J connectivity index is 1.26. The number of nitrogens with zero attached hydrogens (tertiary/aromatic N) is 1. The summed E-state index contributed by atoms with van der Waals surface area (Å²) < 4.78 is 25.7. The molecule has 0 aliphatic carbocycles. The Morgan fingerprint density at radius 1 is 0.951 bits per heavy atom. The van der Waals surface area contributed by atoms with Crippen molar-refractivity contribution in [1.82, 2.24) is 0 Å². The lowest BCUT2D eigenvalue weighted by Crippen LogP contribution is -2.29. The van der Waals surface area contributed by atoms with Crippen LogP contribution >= 0.6 is 11.3 Å². The van der Waals surface area contributed by atoms with E-state index >= 15 is 0 Å². The minimum absolute atomic E-state index is 0.276. The minimum Gasteiger partial charge on any atom is -0.493 e. The van der Waals surface area contributed by atoms with Crippen LogP contribution in [0, 0.1) is 5.82 Å². The summed E-state index contributed by atoms with van der Waals surface area (Å²) in [5.41, 5.74) is 3.01. The first-order chi connectivity index (χ1) is 19.8. The Bertz CT molecular complexity index is 1790. The Morgan fingerprint density at radius 2 is 1.71 bits per heavy atom. The number of fused-ring (bicyclic) bond motifs is 2. The standard InChI is InChI=1S/C33H31FN2O4S/c1-20(36(2)24-15-16-28(39-3)29(19-24)40-4)8-9-21-10-13-23(14-11-21)35-33(38)26-7-5-6-25-31(37)27-18-22(34)12-17-30(27)41-32(25)26/h5-7,10-20H,8-9H2,1-4H3,(H,35,38). The fourth-order valence-electron chi connectivity index (χ4n) is 4.85. The number of amides is 1. The summed E-state index contributed by atoms with van der Waals surface area (Å²) in [6.45, 7) is 2.18. The molecule has 1 N–H and O–H groups in total. The summed E-state index contributed by atoms with van der Waals surface area (Å²) in [7, 11) is 5.32. The third-order valence-corrected chi connectivity index (χ3v) is 8.62. The summed E-state index contributed by atoms with van der Waals surface area (Å²) in [6.07, 6.45) is 1.81. The number of hydrogen-bond donors (Lipinski definition) is 1. The average Bonchev–Trinajstić information content (AvgIpc) is 3.00. The predicted octanol–water partition coefficient (Wildman–Crippen LogP) is 7.28. The highest BCUT2D eigenvalue weighted by Gasteiger charge is 2.16. The maximum Gasteiger partial charge on any atom is 0.257 e. The Hall–Kier alpha value is -4.43. The van der Waals surface area contributed by atoms with Crippen LogP contribution in [0.25, 0.3) is 20.2 Å². The van der Waals surface area contributed by atoms with Crippen LogP contribution in [-0.2, 0) is 6.42 Å². The molecule has 5 rings (SSSR count). The lowest BCUT2D eigenvalue weighted by atomic mass is 10.0. The summed E-state index contributed by atoms with van der Waals surface area (Å²) in [6, 6.07) is 23.2. The lowest BCUT2D eigenvalue weighted by Gasteiger charge is -2.28. The first-order valence-electron chi connectivity index (χ1n) is 13.3. The van der Waals surface area contributed by atoms with Crippen LogP contribution in [0.15, 0.2) is 83.7 Å². The fourth-order valence-corrected chi connectivity index (χ4v) is 6.01. The third kappa shape index (κ3) is 5.88. The molecule has 4 aromatic carbocycles. The number of rotatable bonds is 9. The number of aryl methyl sites for hydroxylation is 1. The number of nitrogens with one attached hydrogen (secondary N) is 1. The van der Waals surface area contributed by atoms with E-state index < -0.39 is 5.82 Å². The van der Waals surface area contributed by atoms with E-state index in [1.165, 1.54) is 23.5 Å². The normalized spacial score (nSPS) is 11.8. The summed E-state index contributed by atoms with van der Waals surface area (Å²) in [5, 5.41) is 3.68. The van der Waals surface area contributed by atoms with Crippen molar-refractivity contribution >= 4 is 48.8 Å². The zero-order valence-electron chi connectivity index (χ0n) is 23.4. The van der Waals surface area contributed by atoms with Crippen molar-refractivity contribution < 1.29 is 18.7 Å². The van der Waals surface area contributed by atoms with E-state index in [0.29, 0.717) is 42.9 Å². The van der Waals surface area contributed by atoms with E-state index in [4.69, 9.17) is 9.47 Å². The van der Waals surface area contributed by atoms with Gasteiger partial charge in [-0.15, -0.1) is 11.3 Å². The van der Waals surface area contributed by atoms with Gasteiger partial charge in [0.05, 0.1) is 24.5 Å². The van der Waals surface area contributed by atoms with Gasteiger partial charge in [-0.1, -0.05) is 18.2 Å². The number of halogens is 1. The van der Waals surface area contributed by atoms with Gasteiger partial charge in [0.15, 0.2) is 16.9 Å². The van der Waals surface area contributed by atoms with Crippen LogP contribution in [0.2, 0.25) is 0 Å². The van der Waals surface area contributed by atoms with Crippen molar-refractivity contribution in [3.05, 3.63) is 106 Å².